The number of nitrogens with one attached hydrogen (secondary N) is 1. The zero-order valence-electron chi connectivity index (χ0n) is 12.2. The highest BCUT2D eigenvalue weighted by Crippen LogP contribution is 2.22. The Labute approximate surface area is 130 Å². The fourth-order valence-electron chi connectivity index (χ4n) is 1.97. The molecule has 3 aromatic rings. The molecule has 0 saturated carbocycles. The van der Waals surface area contributed by atoms with E-state index in [2.05, 4.69) is 15.0 Å². The van der Waals surface area contributed by atoms with E-state index in [0.717, 1.165) is 11.6 Å². The van der Waals surface area contributed by atoms with Gasteiger partial charge >= 0.3 is 6.09 Å². The number of rotatable bonds is 4. The lowest BCUT2D eigenvalue weighted by Crippen LogP contribution is -2.12. The Bertz CT molecular complexity index is 814. The van der Waals surface area contributed by atoms with Gasteiger partial charge in [0, 0.05) is 6.07 Å². The summed E-state index contributed by atoms with van der Waals surface area (Å²) in [6.07, 6.45) is -0.746. The van der Waals surface area contributed by atoms with E-state index in [4.69, 9.17) is 9.15 Å². The lowest BCUT2D eigenvalue weighted by atomic mass is 10.3. The number of hydrogen-bond acceptors (Lipinski definition) is 5. The number of aromatic nitrogens is 1. The molecule has 0 aliphatic rings. The van der Waals surface area contributed by atoms with Crippen LogP contribution >= 0.6 is 0 Å². The van der Waals surface area contributed by atoms with Crippen LogP contribution in [0.5, 0.6) is 5.75 Å². The van der Waals surface area contributed by atoms with Crippen molar-refractivity contribution in [1.29, 1.82) is 0 Å². The zero-order chi connectivity index (χ0) is 16.2. The average molecular weight is 316 g/mol. The molecule has 0 fully saturated rings. The number of anilines is 1. The Morgan fingerprint density at radius 2 is 2.13 bits per heavy atom. The minimum atomic E-state index is -0.746. The summed E-state index contributed by atoms with van der Waals surface area (Å²) in [7, 11) is 1.20. The first-order valence-corrected chi connectivity index (χ1v) is 6.77. The highest BCUT2D eigenvalue weighted by molar-refractivity contribution is 5.84. The summed E-state index contributed by atoms with van der Waals surface area (Å²) in [5, 5.41) is 2.26. The molecule has 0 aliphatic carbocycles. The molecule has 0 atom stereocenters. The molecule has 23 heavy (non-hydrogen) atoms. The van der Waals surface area contributed by atoms with Gasteiger partial charge in [0.2, 0.25) is 5.89 Å². The highest BCUT2D eigenvalue weighted by Gasteiger charge is 2.10. The normalized spacial score (nSPS) is 10.5. The van der Waals surface area contributed by atoms with Crippen LogP contribution in [-0.4, -0.2) is 18.2 Å². The molecular formula is C16H13FN2O4. The number of benzene rings is 2. The third-order valence-electron chi connectivity index (χ3n) is 3.06. The fraction of sp³-hybridized carbons (Fsp3) is 0.125. The van der Waals surface area contributed by atoms with Crippen LogP contribution in [0.15, 0.2) is 46.9 Å². The largest absolute Gasteiger partial charge is 0.484 e. The molecule has 118 valence electrons. The molecule has 1 aromatic heterocycles. The summed E-state index contributed by atoms with van der Waals surface area (Å²) in [5.41, 5.74) is 1.40. The van der Waals surface area contributed by atoms with Gasteiger partial charge in [0.05, 0.1) is 12.8 Å². The number of fused-ring (bicyclic) bond motifs is 1. The van der Waals surface area contributed by atoms with Crippen LogP contribution < -0.4 is 10.1 Å². The molecule has 6 nitrogen and oxygen atoms in total. The maximum Gasteiger partial charge on any atom is 0.411 e. The molecule has 0 spiro atoms. The lowest BCUT2D eigenvalue weighted by molar-refractivity contribution is 0.186. The van der Waals surface area contributed by atoms with Gasteiger partial charge < -0.3 is 13.9 Å². The van der Waals surface area contributed by atoms with Gasteiger partial charge in [-0.2, -0.15) is 0 Å². The van der Waals surface area contributed by atoms with Crippen LogP contribution in [0.25, 0.3) is 11.1 Å². The number of para-hydroxylation sites is 2. The third kappa shape index (κ3) is 3.39. The van der Waals surface area contributed by atoms with Crippen molar-refractivity contribution in [2.75, 3.05) is 12.4 Å². The molecule has 2 aromatic carbocycles. The summed E-state index contributed by atoms with van der Waals surface area (Å²) < 4.78 is 29.2. The Balaban J connectivity index is 1.68. The molecule has 0 bridgehead atoms. The van der Waals surface area contributed by atoms with Crippen molar-refractivity contribution in [3.8, 4) is 5.75 Å². The number of halogens is 1. The van der Waals surface area contributed by atoms with Gasteiger partial charge in [-0.1, -0.05) is 12.1 Å². The van der Waals surface area contributed by atoms with Crippen molar-refractivity contribution in [3.63, 3.8) is 0 Å². The topological polar surface area (TPSA) is 73.6 Å². The van der Waals surface area contributed by atoms with Crippen molar-refractivity contribution in [1.82, 2.24) is 4.98 Å². The number of carbonyl (C=O) groups is 1. The van der Waals surface area contributed by atoms with Crippen LogP contribution in [0.3, 0.4) is 0 Å². The molecule has 1 N–H and O–H groups in total. The van der Waals surface area contributed by atoms with Gasteiger partial charge in [-0.3, -0.25) is 5.32 Å². The second-order valence-corrected chi connectivity index (χ2v) is 4.62. The maximum absolute atomic E-state index is 13.9. The predicted octanol–water partition coefficient (Wildman–Crippen LogP) is 3.72. The lowest BCUT2D eigenvalue weighted by Gasteiger charge is -2.07. The molecule has 3 rings (SSSR count). The standard InChI is InChI=1S/C16H13FN2O4/c1-21-16(20)19-12-7-6-10(8-11(12)17)22-9-15-18-13-4-2-3-5-14(13)23-15/h2-8H,9H2,1H3,(H,19,20). The Hall–Kier alpha value is -3.09. The van der Waals surface area contributed by atoms with Crippen molar-refractivity contribution >= 4 is 22.9 Å². The molecule has 0 radical (unpaired) electrons. The van der Waals surface area contributed by atoms with Gasteiger partial charge in [0.1, 0.15) is 11.3 Å². The molecule has 7 heteroatoms. The van der Waals surface area contributed by atoms with Gasteiger partial charge in [0.15, 0.2) is 18.0 Å². The quantitative estimate of drug-likeness (QED) is 0.794. The minimum Gasteiger partial charge on any atom is -0.484 e. The van der Waals surface area contributed by atoms with Crippen molar-refractivity contribution in [2.24, 2.45) is 0 Å². The maximum atomic E-state index is 13.9. The van der Waals surface area contributed by atoms with Crippen LogP contribution in [0, 0.1) is 5.82 Å². The summed E-state index contributed by atoms with van der Waals surface area (Å²) >= 11 is 0. The third-order valence-corrected chi connectivity index (χ3v) is 3.06. The Kier molecular flexibility index (Phi) is 4.09. The highest BCUT2D eigenvalue weighted by atomic mass is 19.1. The SMILES string of the molecule is COC(=O)Nc1ccc(OCc2nc3ccccc3o2)cc1F. The first kappa shape index (κ1) is 14.8. The second kappa shape index (κ2) is 6.35. The van der Waals surface area contributed by atoms with Crippen LogP contribution in [0.2, 0.25) is 0 Å². The van der Waals surface area contributed by atoms with Crippen LogP contribution in [0.1, 0.15) is 5.89 Å². The Morgan fingerprint density at radius 3 is 2.87 bits per heavy atom. The van der Waals surface area contributed by atoms with E-state index in [1.807, 2.05) is 18.2 Å². The number of oxazole rings is 1. The molecular weight excluding hydrogens is 303 g/mol. The summed E-state index contributed by atoms with van der Waals surface area (Å²) in [6.45, 7) is 0.0674. The van der Waals surface area contributed by atoms with Crippen LogP contribution in [0.4, 0.5) is 14.9 Å². The first-order valence-electron chi connectivity index (χ1n) is 6.77. The fourth-order valence-corrected chi connectivity index (χ4v) is 1.97. The van der Waals surface area contributed by atoms with E-state index < -0.39 is 11.9 Å². The number of ether oxygens (including phenoxy) is 2. The number of carbonyl (C=O) groups excluding carboxylic acids is 1. The van der Waals surface area contributed by atoms with Crippen molar-refractivity contribution in [2.45, 2.75) is 6.61 Å². The van der Waals surface area contributed by atoms with Gasteiger partial charge in [0.25, 0.3) is 0 Å². The van der Waals surface area contributed by atoms with E-state index in [0.29, 0.717) is 17.2 Å². The first-order chi connectivity index (χ1) is 11.2. The average Bonchev–Trinajstić information content (AvgIpc) is 2.98. The Morgan fingerprint density at radius 1 is 1.30 bits per heavy atom. The monoisotopic (exact) mass is 316 g/mol. The van der Waals surface area contributed by atoms with E-state index in [-0.39, 0.29) is 12.3 Å². The molecule has 0 saturated heterocycles. The zero-order valence-corrected chi connectivity index (χ0v) is 12.2. The number of methoxy groups -OCH3 is 1. The van der Waals surface area contributed by atoms with E-state index in [1.54, 1.807) is 6.07 Å². The second-order valence-electron chi connectivity index (χ2n) is 4.62. The van der Waals surface area contributed by atoms with Crippen LogP contribution in [-0.2, 0) is 11.3 Å². The predicted molar refractivity (Wildman–Crippen MR) is 80.8 cm³/mol. The molecule has 0 unspecified atom stereocenters. The summed E-state index contributed by atoms with van der Waals surface area (Å²) in [6, 6.07) is 11.4. The van der Waals surface area contributed by atoms with E-state index in [9.17, 15) is 9.18 Å². The summed E-state index contributed by atoms with van der Waals surface area (Å²) in [5.74, 6) is 0.0500. The van der Waals surface area contributed by atoms with Gasteiger partial charge in [-0.25, -0.2) is 14.2 Å². The number of hydrogen-bond donors (Lipinski definition) is 1. The molecule has 1 amide bonds. The summed E-state index contributed by atoms with van der Waals surface area (Å²) in [4.78, 5) is 15.3. The van der Waals surface area contributed by atoms with Gasteiger partial charge in [-0.05, 0) is 24.3 Å². The molecule has 0 aliphatic heterocycles. The van der Waals surface area contributed by atoms with E-state index in [1.165, 1.54) is 19.2 Å². The van der Waals surface area contributed by atoms with Crippen molar-refractivity contribution < 1.29 is 23.1 Å². The van der Waals surface area contributed by atoms with Gasteiger partial charge in [-0.15, -0.1) is 0 Å². The number of nitrogens with zero attached hydrogens (tertiary/aromatic N) is 1. The smallest absolute Gasteiger partial charge is 0.411 e. The molecule has 1 heterocycles. The number of amides is 1. The van der Waals surface area contributed by atoms with Crippen molar-refractivity contribution in [3.05, 3.63) is 54.2 Å². The minimum absolute atomic E-state index is 0.00561. The van der Waals surface area contributed by atoms with E-state index >= 15 is 0 Å².